The summed E-state index contributed by atoms with van der Waals surface area (Å²) in [5.41, 5.74) is 0.832. The van der Waals surface area contributed by atoms with E-state index in [1.165, 1.54) is 12.1 Å². The van der Waals surface area contributed by atoms with Crippen LogP contribution in [0.5, 0.6) is 0 Å². The van der Waals surface area contributed by atoms with Crippen LogP contribution in [0, 0.1) is 18.3 Å². The molecule has 2 rings (SSSR count). The number of ether oxygens (including phenoxy) is 1. The van der Waals surface area contributed by atoms with Crippen LogP contribution in [0.15, 0.2) is 22.7 Å². The van der Waals surface area contributed by atoms with Gasteiger partial charge >= 0.3 is 0 Å². The molecular weight excluding hydrogens is 296 g/mol. The average molecular weight is 307 g/mol. The smallest absolute Gasteiger partial charge is 0.252 e. The Morgan fingerprint density at radius 2 is 2.38 bits per heavy atom. The van der Waals surface area contributed by atoms with Crippen LogP contribution in [0.2, 0.25) is 5.02 Å². The van der Waals surface area contributed by atoms with Crippen molar-refractivity contribution < 1.29 is 14.1 Å². The molecule has 21 heavy (non-hydrogen) atoms. The van der Waals surface area contributed by atoms with E-state index in [1.807, 2.05) is 6.07 Å². The zero-order valence-corrected chi connectivity index (χ0v) is 11.8. The van der Waals surface area contributed by atoms with E-state index >= 15 is 0 Å². The lowest BCUT2D eigenvalue weighted by Crippen LogP contribution is -2.18. The van der Waals surface area contributed by atoms with Gasteiger partial charge in [0.25, 0.3) is 5.89 Å². The Hall–Kier alpha value is -2.43. The Labute approximate surface area is 125 Å². The minimum atomic E-state index is -0.355. The standard InChI is InChI=1S/C13H11ClN4O3/c1-8-16-13(21-18-8)7-20-6-12(19)17-10-3-2-9(5-15)11(14)4-10/h2-4H,6-7H2,1H3,(H,17,19). The highest BCUT2D eigenvalue weighted by atomic mass is 35.5. The number of rotatable bonds is 5. The predicted molar refractivity (Wildman–Crippen MR) is 73.5 cm³/mol. The molecule has 0 bridgehead atoms. The van der Waals surface area contributed by atoms with E-state index in [-0.39, 0.29) is 24.1 Å². The zero-order chi connectivity index (χ0) is 15.2. The Balaban J connectivity index is 1.82. The average Bonchev–Trinajstić information content (AvgIpc) is 2.84. The highest BCUT2D eigenvalue weighted by Gasteiger charge is 2.07. The highest BCUT2D eigenvalue weighted by Crippen LogP contribution is 2.20. The van der Waals surface area contributed by atoms with Crippen molar-refractivity contribution in [3.05, 3.63) is 40.5 Å². The summed E-state index contributed by atoms with van der Waals surface area (Å²) < 4.78 is 9.99. The first kappa shape index (κ1) is 15.0. The molecule has 1 heterocycles. The molecule has 0 atom stereocenters. The van der Waals surface area contributed by atoms with Crippen molar-refractivity contribution in [3.63, 3.8) is 0 Å². The number of nitriles is 1. The minimum absolute atomic E-state index is 0.0579. The molecular formula is C13H11ClN4O3. The van der Waals surface area contributed by atoms with Gasteiger partial charge in [-0.15, -0.1) is 0 Å². The maximum absolute atomic E-state index is 11.7. The van der Waals surface area contributed by atoms with Crippen LogP contribution in [0.1, 0.15) is 17.3 Å². The first-order valence-corrected chi connectivity index (χ1v) is 6.32. The predicted octanol–water partition coefficient (Wildman–Crippen LogP) is 2.06. The second kappa shape index (κ2) is 6.83. The number of nitrogens with one attached hydrogen (secondary N) is 1. The van der Waals surface area contributed by atoms with Gasteiger partial charge < -0.3 is 14.6 Å². The van der Waals surface area contributed by atoms with E-state index < -0.39 is 0 Å². The fraction of sp³-hybridized carbons (Fsp3) is 0.231. The quantitative estimate of drug-likeness (QED) is 0.907. The maximum Gasteiger partial charge on any atom is 0.252 e. The van der Waals surface area contributed by atoms with Gasteiger partial charge in [0.2, 0.25) is 5.91 Å². The summed E-state index contributed by atoms with van der Waals surface area (Å²) in [5, 5.41) is 15.2. The fourth-order valence-electron chi connectivity index (χ4n) is 1.51. The molecule has 0 radical (unpaired) electrons. The molecule has 0 spiro atoms. The molecule has 1 N–H and O–H groups in total. The van der Waals surface area contributed by atoms with Gasteiger partial charge in [0.05, 0.1) is 10.6 Å². The van der Waals surface area contributed by atoms with Crippen molar-refractivity contribution >= 4 is 23.2 Å². The molecule has 2 aromatic rings. The molecule has 0 fully saturated rings. The number of benzene rings is 1. The Bertz CT molecular complexity index is 693. The first-order chi connectivity index (χ1) is 10.1. The van der Waals surface area contributed by atoms with E-state index in [1.54, 1.807) is 13.0 Å². The lowest BCUT2D eigenvalue weighted by atomic mass is 10.2. The third-order valence-electron chi connectivity index (χ3n) is 2.40. The van der Waals surface area contributed by atoms with E-state index in [0.29, 0.717) is 23.0 Å². The van der Waals surface area contributed by atoms with Crippen LogP contribution < -0.4 is 5.32 Å². The number of halogens is 1. The molecule has 0 aliphatic heterocycles. The monoisotopic (exact) mass is 306 g/mol. The highest BCUT2D eigenvalue weighted by molar-refractivity contribution is 6.32. The van der Waals surface area contributed by atoms with E-state index in [9.17, 15) is 4.79 Å². The Kier molecular flexibility index (Phi) is 4.87. The molecule has 7 nitrogen and oxygen atoms in total. The lowest BCUT2D eigenvalue weighted by molar-refractivity contribution is -0.121. The van der Waals surface area contributed by atoms with Gasteiger partial charge in [-0.25, -0.2) is 0 Å². The second-order valence-electron chi connectivity index (χ2n) is 4.08. The summed E-state index contributed by atoms with van der Waals surface area (Å²) in [5.74, 6) is 0.457. The Morgan fingerprint density at radius 1 is 1.57 bits per heavy atom. The summed E-state index contributed by atoms with van der Waals surface area (Å²) in [6, 6.07) is 6.55. The van der Waals surface area contributed by atoms with Crippen LogP contribution in [0.25, 0.3) is 0 Å². The Morgan fingerprint density at radius 3 is 3.00 bits per heavy atom. The van der Waals surface area contributed by atoms with E-state index in [0.717, 1.165) is 0 Å². The number of carbonyl (C=O) groups excluding carboxylic acids is 1. The summed E-state index contributed by atoms with van der Waals surface area (Å²) in [7, 11) is 0. The van der Waals surface area contributed by atoms with Crippen LogP contribution in [0.3, 0.4) is 0 Å². The molecule has 1 amide bonds. The zero-order valence-electron chi connectivity index (χ0n) is 11.1. The van der Waals surface area contributed by atoms with Crippen molar-refractivity contribution in [2.75, 3.05) is 11.9 Å². The van der Waals surface area contributed by atoms with Crippen molar-refractivity contribution in [2.24, 2.45) is 0 Å². The second-order valence-corrected chi connectivity index (χ2v) is 4.49. The fourth-order valence-corrected chi connectivity index (χ4v) is 1.73. The number of aromatic nitrogens is 2. The minimum Gasteiger partial charge on any atom is -0.362 e. The van der Waals surface area contributed by atoms with Crippen molar-refractivity contribution in [3.8, 4) is 6.07 Å². The number of hydrogen-bond donors (Lipinski definition) is 1. The number of nitrogens with zero attached hydrogens (tertiary/aromatic N) is 3. The number of aryl methyl sites for hydroxylation is 1. The van der Waals surface area contributed by atoms with Crippen LogP contribution in [-0.4, -0.2) is 22.7 Å². The number of amides is 1. The van der Waals surface area contributed by atoms with Gasteiger partial charge in [0, 0.05) is 5.69 Å². The molecule has 0 aliphatic rings. The number of hydrogen-bond acceptors (Lipinski definition) is 6. The van der Waals surface area contributed by atoms with Crippen molar-refractivity contribution in [1.82, 2.24) is 10.1 Å². The van der Waals surface area contributed by atoms with Gasteiger partial charge in [-0.05, 0) is 25.1 Å². The van der Waals surface area contributed by atoms with Crippen LogP contribution >= 0.6 is 11.6 Å². The third-order valence-corrected chi connectivity index (χ3v) is 2.71. The van der Waals surface area contributed by atoms with Gasteiger partial charge in [-0.3, -0.25) is 4.79 Å². The van der Waals surface area contributed by atoms with Gasteiger partial charge in [-0.2, -0.15) is 10.2 Å². The molecule has 1 aromatic heterocycles. The largest absolute Gasteiger partial charge is 0.362 e. The lowest BCUT2D eigenvalue weighted by Gasteiger charge is -2.06. The number of carbonyl (C=O) groups is 1. The first-order valence-electron chi connectivity index (χ1n) is 5.95. The summed E-state index contributed by atoms with van der Waals surface area (Å²) >= 11 is 5.87. The molecule has 8 heteroatoms. The normalized spacial score (nSPS) is 10.1. The van der Waals surface area contributed by atoms with Gasteiger partial charge in [-0.1, -0.05) is 16.8 Å². The van der Waals surface area contributed by atoms with Gasteiger partial charge in [0.15, 0.2) is 5.82 Å². The van der Waals surface area contributed by atoms with Crippen molar-refractivity contribution in [2.45, 2.75) is 13.5 Å². The third kappa shape index (κ3) is 4.27. The summed E-state index contributed by atoms with van der Waals surface area (Å²) in [4.78, 5) is 15.6. The van der Waals surface area contributed by atoms with Gasteiger partial charge in [0.1, 0.15) is 19.3 Å². The molecule has 0 aliphatic carbocycles. The summed E-state index contributed by atoms with van der Waals surface area (Å²) in [6.45, 7) is 1.58. The topological polar surface area (TPSA) is 101 Å². The van der Waals surface area contributed by atoms with E-state index in [2.05, 4.69) is 15.5 Å². The molecule has 1 aromatic carbocycles. The molecule has 0 unspecified atom stereocenters. The van der Waals surface area contributed by atoms with Crippen LogP contribution in [-0.2, 0) is 16.1 Å². The summed E-state index contributed by atoms with van der Waals surface area (Å²) in [6.07, 6.45) is 0. The van der Waals surface area contributed by atoms with Crippen LogP contribution in [0.4, 0.5) is 5.69 Å². The van der Waals surface area contributed by atoms with Crippen molar-refractivity contribution in [1.29, 1.82) is 5.26 Å². The molecule has 0 saturated carbocycles. The maximum atomic E-state index is 11.7. The molecule has 0 saturated heterocycles. The molecule has 108 valence electrons. The van der Waals surface area contributed by atoms with E-state index in [4.69, 9.17) is 26.1 Å². The number of anilines is 1. The SMILES string of the molecule is Cc1noc(COCC(=O)Nc2ccc(C#N)c(Cl)c2)n1.